The fraction of sp³-hybridized carbons (Fsp3) is 0. The van der Waals surface area contributed by atoms with Gasteiger partial charge in [0.1, 0.15) is 0 Å². The monoisotopic (exact) mass is 831 g/mol. The van der Waals surface area contributed by atoms with Crippen LogP contribution in [-0.2, 0) is 0 Å². The van der Waals surface area contributed by atoms with E-state index in [4.69, 9.17) is 0 Å². The van der Waals surface area contributed by atoms with Crippen molar-refractivity contribution in [1.82, 2.24) is 13.7 Å². The molecule has 3 nitrogen and oxygen atoms in total. The first-order valence-electron chi connectivity index (χ1n) is 22.1. The number of fused-ring (bicyclic) bond motifs is 3. The molecule has 0 spiro atoms. The van der Waals surface area contributed by atoms with Gasteiger partial charge >= 0.3 is 0 Å². The highest BCUT2D eigenvalue weighted by Crippen LogP contribution is 2.43. The number of para-hydroxylation sites is 2. The van der Waals surface area contributed by atoms with Gasteiger partial charge in [0.05, 0.1) is 33.1 Å². The average molecular weight is 832 g/mol. The van der Waals surface area contributed by atoms with Gasteiger partial charge in [-0.1, -0.05) is 182 Å². The lowest BCUT2D eigenvalue weighted by atomic mass is 10.1. The van der Waals surface area contributed by atoms with Crippen LogP contribution in [-0.4, -0.2) is 21.8 Å². The first-order chi connectivity index (χ1) is 31.8. The molecule has 0 aliphatic rings. The van der Waals surface area contributed by atoms with E-state index in [0.717, 1.165) is 11.4 Å². The Morgan fingerprint density at radius 2 is 0.641 bits per heavy atom. The van der Waals surface area contributed by atoms with E-state index in [9.17, 15) is 0 Å². The zero-order chi connectivity index (χ0) is 42.2. The Kier molecular flexibility index (Phi) is 8.23. The second-order valence-electron chi connectivity index (χ2n) is 16.9. The molecule has 13 rings (SSSR count). The van der Waals surface area contributed by atoms with Gasteiger partial charge in [-0.15, -0.1) is 0 Å². The summed E-state index contributed by atoms with van der Waals surface area (Å²) in [5.41, 5.74) is 13.2. The maximum Gasteiger partial charge on any atom is 0.179 e. The molecule has 64 heavy (non-hydrogen) atoms. The molecule has 3 heterocycles. The second kappa shape index (κ2) is 14.5. The first-order valence-corrected chi connectivity index (χ1v) is 24.1. The van der Waals surface area contributed by atoms with E-state index in [0.29, 0.717) is 0 Å². The number of rotatable bonds is 8. The molecule has 0 aliphatic heterocycles. The summed E-state index contributed by atoms with van der Waals surface area (Å²) in [4.78, 5) is 0. The molecule has 13 aromatic rings. The van der Waals surface area contributed by atoms with Gasteiger partial charge in [-0.25, -0.2) is 0 Å². The third-order valence-corrected chi connectivity index (χ3v) is 18.3. The molecular formula is C60H41N3Si. The van der Waals surface area contributed by atoms with E-state index < -0.39 is 8.07 Å². The minimum atomic E-state index is -2.87. The zero-order valence-electron chi connectivity index (χ0n) is 35.0. The summed E-state index contributed by atoms with van der Waals surface area (Å²) < 4.78 is 7.38. The summed E-state index contributed by atoms with van der Waals surface area (Å²) in [5, 5.41) is 10.5. The molecule has 0 fully saturated rings. The summed E-state index contributed by atoms with van der Waals surface area (Å²) in [5.74, 6) is 0. The van der Waals surface area contributed by atoms with Crippen molar-refractivity contribution in [3.8, 4) is 28.2 Å². The standard InChI is InChI=1S/C60H41N3Si/c1-5-18-42(19-6-1)43-34-37-49(38-35-43)64(47-23-9-3-10-24-47,48-25-11-4-12-26-48)50-27-15-22-45(40-50)62-53-29-14-13-28-51(53)52-39-36-46(41-58(52)62)63-56-32-16-30-54-59(56)60-55(31-17-33-57(60)63)61(54)44-20-7-2-8-21-44/h1-41H. The minimum Gasteiger partial charge on any atom is -0.309 e. The predicted molar refractivity (Wildman–Crippen MR) is 272 cm³/mol. The molecule has 0 aliphatic carbocycles. The van der Waals surface area contributed by atoms with Crippen molar-refractivity contribution in [2.24, 2.45) is 0 Å². The molecular weight excluding hydrogens is 791 g/mol. The molecule has 0 bridgehead atoms. The van der Waals surface area contributed by atoms with Crippen LogP contribution in [0.4, 0.5) is 0 Å². The first kappa shape index (κ1) is 36.5. The molecule has 0 atom stereocenters. The van der Waals surface area contributed by atoms with Crippen LogP contribution >= 0.6 is 0 Å². The third kappa shape index (κ3) is 5.33. The lowest BCUT2D eigenvalue weighted by Crippen LogP contribution is -2.74. The van der Waals surface area contributed by atoms with Crippen LogP contribution < -0.4 is 20.7 Å². The van der Waals surface area contributed by atoms with Crippen LogP contribution in [0.1, 0.15) is 0 Å². The lowest BCUT2D eigenvalue weighted by molar-refractivity contribution is 1.15. The number of nitrogens with zero attached hydrogens (tertiary/aromatic N) is 3. The van der Waals surface area contributed by atoms with Gasteiger partial charge in [-0.2, -0.15) is 0 Å². The maximum absolute atomic E-state index is 2.87. The van der Waals surface area contributed by atoms with Gasteiger partial charge < -0.3 is 13.7 Å². The largest absolute Gasteiger partial charge is 0.309 e. The van der Waals surface area contributed by atoms with Gasteiger partial charge in [-0.05, 0) is 98.6 Å². The molecule has 10 aromatic carbocycles. The van der Waals surface area contributed by atoms with Gasteiger partial charge in [0.2, 0.25) is 0 Å². The Morgan fingerprint density at radius 1 is 0.234 bits per heavy atom. The molecule has 0 saturated heterocycles. The molecule has 0 unspecified atom stereocenters. The highest BCUT2D eigenvalue weighted by atomic mass is 28.3. The fourth-order valence-corrected chi connectivity index (χ4v) is 15.6. The van der Waals surface area contributed by atoms with E-state index >= 15 is 0 Å². The normalized spacial score (nSPS) is 12.1. The second-order valence-corrected chi connectivity index (χ2v) is 20.7. The van der Waals surface area contributed by atoms with E-state index in [-0.39, 0.29) is 0 Å². The Labute approximate surface area is 372 Å². The van der Waals surface area contributed by atoms with Crippen LogP contribution in [0, 0.1) is 0 Å². The Balaban J connectivity index is 1.04. The molecule has 0 saturated carbocycles. The highest BCUT2D eigenvalue weighted by Gasteiger charge is 2.41. The summed E-state index contributed by atoms with van der Waals surface area (Å²) in [6.45, 7) is 0. The van der Waals surface area contributed by atoms with Crippen molar-refractivity contribution in [3.05, 3.63) is 249 Å². The van der Waals surface area contributed by atoms with Crippen molar-refractivity contribution in [3.63, 3.8) is 0 Å². The average Bonchev–Trinajstić information content (AvgIpc) is 4.02. The zero-order valence-corrected chi connectivity index (χ0v) is 36.0. The maximum atomic E-state index is 2.50. The van der Waals surface area contributed by atoms with E-state index in [1.54, 1.807) is 0 Å². The molecule has 0 radical (unpaired) electrons. The van der Waals surface area contributed by atoms with Gasteiger partial charge in [0.15, 0.2) is 8.07 Å². The molecule has 0 N–H and O–H groups in total. The van der Waals surface area contributed by atoms with Crippen LogP contribution in [0.2, 0.25) is 0 Å². The van der Waals surface area contributed by atoms with Crippen molar-refractivity contribution in [1.29, 1.82) is 0 Å². The Hall–Kier alpha value is -8.18. The summed E-state index contributed by atoms with van der Waals surface area (Å²) in [7, 11) is -2.87. The van der Waals surface area contributed by atoms with Crippen LogP contribution in [0.25, 0.3) is 82.8 Å². The van der Waals surface area contributed by atoms with Crippen molar-refractivity contribution < 1.29 is 0 Å². The van der Waals surface area contributed by atoms with Crippen LogP contribution in [0.3, 0.4) is 0 Å². The fourth-order valence-electron chi connectivity index (χ4n) is 10.9. The van der Waals surface area contributed by atoms with Gasteiger partial charge in [0.25, 0.3) is 0 Å². The van der Waals surface area contributed by atoms with Crippen LogP contribution in [0.5, 0.6) is 0 Å². The van der Waals surface area contributed by atoms with Gasteiger partial charge in [0, 0.05) is 38.6 Å². The Bertz CT molecular complexity index is 3700. The SMILES string of the molecule is c1ccc(-c2ccc([Si](c3ccccc3)(c3ccccc3)c3cccc(-n4c5ccccc5c5ccc(-n6c7cccc8c7c7c(cccc76)n8-c6ccccc6)cc54)c3)cc2)cc1. The predicted octanol–water partition coefficient (Wildman–Crippen LogP) is 12.3. The topological polar surface area (TPSA) is 14.8 Å². The number of hydrogen-bond donors (Lipinski definition) is 0. The highest BCUT2D eigenvalue weighted by molar-refractivity contribution is 7.19. The summed E-state index contributed by atoms with van der Waals surface area (Å²) in [6.07, 6.45) is 0. The Morgan fingerprint density at radius 3 is 1.27 bits per heavy atom. The quantitative estimate of drug-likeness (QED) is 0.107. The molecule has 300 valence electrons. The number of aromatic nitrogens is 3. The summed E-state index contributed by atoms with van der Waals surface area (Å²) >= 11 is 0. The molecule has 3 aromatic heterocycles. The van der Waals surface area contributed by atoms with E-state index in [1.165, 1.54) is 92.2 Å². The van der Waals surface area contributed by atoms with Gasteiger partial charge in [-0.3, -0.25) is 0 Å². The summed E-state index contributed by atoms with van der Waals surface area (Å²) in [6, 6.07) is 92.2. The number of hydrogen-bond acceptors (Lipinski definition) is 0. The van der Waals surface area contributed by atoms with Crippen molar-refractivity contribution >= 4 is 83.5 Å². The van der Waals surface area contributed by atoms with Crippen LogP contribution in [0.15, 0.2) is 249 Å². The van der Waals surface area contributed by atoms with Crippen molar-refractivity contribution in [2.45, 2.75) is 0 Å². The smallest absolute Gasteiger partial charge is 0.179 e. The van der Waals surface area contributed by atoms with E-state index in [1.807, 2.05) is 0 Å². The van der Waals surface area contributed by atoms with E-state index in [2.05, 4.69) is 262 Å². The van der Waals surface area contributed by atoms with Crippen molar-refractivity contribution in [2.75, 3.05) is 0 Å². The molecule has 0 amide bonds. The number of benzene rings is 10. The minimum absolute atomic E-state index is 1.14. The lowest BCUT2D eigenvalue weighted by Gasteiger charge is -2.35. The molecule has 4 heteroatoms. The third-order valence-electron chi connectivity index (χ3n) is 13.6.